The lowest BCUT2D eigenvalue weighted by molar-refractivity contribution is -0.137. The number of allylic oxidation sites excluding steroid dienone is 1. The fourth-order valence-corrected chi connectivity index (χ4v) is 1.55. The van der Waals surface area contributed by atoms with Gasteiger partial charge in [0.2, 0.25) is 0 Å². The van der Waals surface area contributed by atoms with Crippen molar-refractivity contribution in [1.29, 1.82) is 5.26 Å². The maximum atomic E-state index is 12.6. The lowest BCUT2D eigenvalue weighted by Gasteiger charge is -2.18. The Morgan fingerprint density at radius 1 is 1.27 bits per heavy atom. The first-order valence-electron chi connectivity index (χ1n) is 6.29. The van der Waals surface area contributed by atoms with Crippen LogP contribution in [-0.2, 0) is 11.0 Å². The van der Waals surface area contributed by atoms with Gasteiger partial charge in [-0.15, -0.1) is 0 Å². The van der Waals surface area contributed by atoms with Crippen molar-refractivity contribution in [3.05, 3.63) is 41.2 Å². The predicted octanol–water partition coefficient (Wildman–Crippen LogP) is 4.03. The molecule has 0 aromatic heterocycles. The molecule has 0 aliphatic carbocycles. The van der Waals surface area contributed by atoms with E-state index in [0.29, 0.717) is 0 Å². The van der Waals surface area contributed by atoms with Crippen LogP contribution >= 0.6 is 0 Å². The SMILES string of the molecule is CC(C)(C)C(O)=C(C#N)C(=O)Nc1cccc(C(F)(F)F)c1. The molecule has 4 nitrogen and oxygen atoms in total. The smallest absolute Gasteiger partial charge is 0.416 e. The molecule has 0 saturated heterocycles. The molecule has 1 amide bonds. The highest BCUT2D eigenvalue weighted by molar-refractivity contribution is 6.07. The van der Waals surface area contributed by atoms with Crippen LogP contribution in [0.3, 0.4) is 0 Å². The van der Waals surface area contributed by atoms with Gasteiger partial charge in [-0.3, -0.25) is 4.79 Å². The maximum absolute atomic E-state index is 12.6. The Morgan fingerprint density at radius 3 is 2.32 bits per heavy atom. The third-order valence-corrected chi connectivity index (χ3v) is 2.73. The lowest BCUT2D eigenvalue weighted by Crippen LogP contribution is -2.20. The largest absolute Gasteiger partial charge is 0.510 e. The lowest BCUT2D eigenvalue weighted by atomic mass is 9.90. The Kier molecular flexibility index (Phi) is 4.87. The van der Waals surface area contributed by atoms with Gasteiger partial charge < -0.3 is 10.4 Å². The summed E-state index contributed by atoms with van der Waals surface area (Å²) in [6.07, 6.45) is -4.54. The van der Waals surface area contributed by atoms with Crippen molar-refractivity contribution in [2.24, 2.45) is 5.41 Å². The number of halogens is 3. The molecule has 0 spiro atoms. The van der Waals surface area contributed by atoms with Gasteiger partial charge in [-0.05, 0) is 18.2 Å². The Balaban J connectivity index is 3.11. The molecular weight excluding hydrogens is 297 g/mol. The van der Waals surface area contributed by atoms with Gasteiger partial charge in [-0.25, -0.2) is 0 Å². The minimum absolute atomic E-state index is 0.116. The first-order chi connectivity index (χ1) is 9.96. The second kappa shape index (κ2) is 6.10. The summed E-state index contributed by atoms with van der Waals surface area (Å²) in [6, 6.07) is 5.58. The quantitative estimate of drug-likeness (QED) is 0.492. The average Bonchev–Trinajstić information content (AvgIpc) is 2.37. The third-order valence-electron chi connectivity index (χ3n) is 2.73. The van der Waals surface area contributed by atoms with Crippen LogP contribution in [0.5, 0.6) is 0 Å². The zero-order valence-electron chi connectivity index (χ0n) is 12.2. The van der Waals surface area contributed by atoms with Crippen LogP contribution in [0.1, 0.15) is 26.3 Å². The summed E-state index contributed by atoms with van der Waals surface area (Å²) in [7, 11) is 0. The molecule has 2 N–H and O–H groups in total. The predicted molar refractivity (Wildman–Crippen MR) is 74.8 cm³/mol. The highest BCUT2D eigenvalue weighted by Crippen LogP contribution is 2.31. The number of nitriles is 1. The number of nitrogens with one attached hydrogen (secondary N) is 1. The van der Waals surface area contributed by atoms with Crippen molar-refractivity contribution in [3.8, 4) is 6.07 Å². The van der Waals surface area contributed by atoms with Crippen molar-refractivity contribution < 1.29 is 23.1 Å². The first kappa shape index (κ1) is 17.6. The van der Waals surface area contributed by atoms with E-state index in [2.05, 4.69) is 5.32 Å². The van der Waals surface area contributed by atoms with E-state index < -0.39 is 34.4 Å². The van der Waals surface area contributed by atoms with Crippen LogP contribution in [0.15, 0.2) is 35.6 Å². The number of anilines is 1. The summed E-state index contributed by atoms with van der Waals surface area (Å²) in [6.45, 7) is 4.78. The summed E-state index contributed by atoms with van der Waals surface area (Å²) < 4.78 is 37.8. The number of hydrogen-bond donors (Lipinski definition) is 2. The van der Waals surface area contributed by atoms with E-state index in [-0.39, 0.29) is 5.69 Å². The Labute approximate surface area is 125 Å². The molecule has 1 rings (SSSR count). The number of aliphatic hydroxyl groups excluding tert-OH is 1. The van der Waals surface area contributed by atoms with Crippen molar-refractivity contribution in [2.75, 3.05) is 5.32 Å². The van der Waals surface area contributed by atoms with E-state index in [9.17, 15) is 23.1 Å². The van der Waals surface area contributed by atoms with Crippen LogP contribution in [-0.4, -0.2) is 11.0 Å². The Bertz CT molecular complexity index is 650. The van der Waals surface area contributed by atoms with Gasteiger partial charge >= 0.3 is 6.18 Å². The van der Waals surface area contributed by atoms with Gasteiger partial charge in [0.25, 0.3) is 5.91 Å². The van der Waals surface area contributed by atoms with Crippen LogP contribution in [0.4, 0.5) is 18.9 Å². The van der Waals surface area contributed by atoms with Crippen LogP contribution in [0.2, 0.25) is 0 Å². The molecule has 0 aliphatic rings. The number of carbonyl (C=O) groups is 1. The molecule has 0 bridgehead atoms. The number of hydrogen-bond acceptors (Lipinski definition) is 3. The number of alkyl halides is 3. The van der Waals surface area contributed by atoms with E-state index in [1.807, 2.05) is 0 Å². The van der Waals surface area contributed by atoms with E-state index in [1.165, 1.54) is 6.07 Å². The number of aliphatic hydroxyl groups is 1. The number of carbonyl (C=O) groups excluding carboxylic acids is 1. The zero-order valence-corrected chi connectivity index (χ0v) is 12.2. The summed E-state index contributed by atoms with van der Waals surface area (Å²) in [5, 5.41) is 21.1. The molecule has 0 fully saturated rings. The van der Waals surface area contributed by atoms with Gasteiger partial charge in [0.15, 0.2) is 5.57 Å². The molecule has 0 heterocycles. The van der Waals surface area contributed by atoms with Crippen LogP contribution < -0.4 is 5.32 Å². The minimum Gasteiger partial charge on any atom is -0.510 e. The molecule has 0 aliphatic heterocycles. The summed E-state index contributed by atoms with van der Waals surface area (Å²) in [4.78, 5) is 12.0. The maximum Gasteiger partial charge on any atom is 0.416 e. The van der Waals surface area contributed by atoms with Crippen molar-refractivity contribution >= 4 is 11.6 Å². The molecule has 1 aromatic carbocycles. The van der Waals surface area contributed by atoms with Crippen molar-refractivity contribution in [1.82, 2.24) is 0 Å². The zero-order chi connectivity index (χ0) is 17.1. The van der Waals surface area contributed by atoms with E-state index in [0.717, 1.165) is 18.2 Å². The van der Waals surface area contributed by atoms with Gasteiger partial charge in [-0.1, -0.05) is 26.8 Å². The van der Waals surface area contributed by atoms with Crippen molar-refractivity contribution in [2.45, 2.75) is 26.9 Å². The summed E-state index contributed by atoms with van der Waals surface area (Å²) in [5.74, 6) is -1.39. The van der Waals surface area contributed by atoms with E-state index in [1.54, 1.807) is 26.8 Å². The summed E-state index contributed by atoms with van der Waals surface area (Å²) >= 11 is 0. The number of nitrogens with zero attached hydrogens (tertiary/aromatic N) is 1. The number of rotatable bonds is 2. The van der Waals surface area contributed by atoms with E-state index >= 15 is 0 Å². The van der Waals surface area contributed by atoms with Gasteiger partial charge in [-0.2, -0.15) is 18.4 Å². The monoisotopic (exact) mass is 312 g/mol. The summed E-state index contributed by atoms with van der Waals surface area (Å²) in [5.41, 5.74) is -2.41. The molecule has 0 saturated carbocycles. The highest BCUT2D eigenvalue weighted by Gasteiger charge is 2.31. The van der Waals surface area contributed by atoms with Gasteiger partial charge in [0, 0.05) is 11.1 Å². The number of amides is 1. The van der Waals surface area contributed by atoms with E-state index in [4.69, 9.17) is 5.26 Å². The molecule has 0 unspecified atom stereocenters. The Hall–Kier alpha value is -2.49. The fraction of sp³-hybridized carbons (Fsp3) is 0.333. The topological polar surface area (TPSA) is 73.1 Å². The van der Waals surface area contributed by atoms with Crippen LogP contribution in [0.25, 0.3) is 0 Å². The molecule has 118 valence electrons. The standard InChI is InChI=1S/C15H15F3N2O2/c1-14(2,3)12(21)11(8-19)13(22)20-10-6-4-5-9(7-10)15(16,17)18/h4-7,21H,1-3H3,(H,20,22). The highest BCUT2D eigenvalue weighted by atomic mass is 19.4. The van der Waals surface area contributed by atoms with Crippen molar-refractivity contribution in [3.63, 3.8) is 0 Å². The van der Waals surface area contributed by atoms with Gasteiger partial charge in [0.05, 0.1) is 5.56 Å². The van der Waals surface area contributed by atoms with Crippen LogP contribution in [0, 0.1) is 16.7 Å². The number of benzene rings is 1. The molecule has 0 atom stereocenters. The second-order valence-electron chi connectivity index (χ2n) is 5.62. The minimum atomic E-state index is -4.54. The van der Waals surface area contributed by atoms with Gasteiger partial charge in [0.1, 0.15) is 11.8 Å². The molecule has 1 aromatic rings. The second-order valence-corrected chi connectivity index (χ2v) is 5.62. The molecule has 22 heavy (non-hydrogen) atoms. The Morgan fingerprint density at radius 2 is 1.86 bits per heavy atom. The molecule has 0 radical (unpaired) electrons. The fourth-order valence-electron chi connectivity index (χ4n) is 1.55. The first-order valence-corrected chi connectivity index (χ1v) is 6.29. The third kappa shape index (κ3) is 4.25. The molecular formula is C15H15F3N2O2. The normalized spacial score (nSPS) is 13.1. The average molecular weight is 312 g/mol. The molecule has 7 heteroatoms.